The summed E-state index contributed by atoms with van der Waals surface area (Å²) in [6.07, 6.45) is 10.2. The Labute approximate surface area is 237 Å². The van der Waals surface area contributed by atoms with E-state index in [1.54, 1.807) is 6.26 Å². The fourth-order valence-electron chi connectivity index (χ4n) is 8.05. The number of rotatable bonds is 10. The summed E-state index contributed by atoms with van der Waals surface area (Å²) in [5.41, 5.74) is 4.06. The summed E-state index contributed by atoms with van der Waals surface area (Å²) in [4.78, 5) is 0. The lowest BCUT2D eigenvalue weighted by Gasteiger charge is -2.54. The number of ether oxygens (including phenoxy) is 1. The molecule has 0 bridgehead atoms. The number of hydrogen-bond donors (Lipinski definition) is 2. The minimum absolute atomic E-state index is 0.0222. The lowest BCUT2D eigenvalue weighted by Crippen LogP contribution is -2.47. The maximum atomic E-state index is 11.1. The zero-order valence-electron chi connectivity index (χ0n) is 23.1. The summed E-state index contributed by atoms with van der Waals surface area (Å²) < 4.78 is 11.5. The van der Waals surface area contributed by atoms with E-state index in [0.29, 0.717) is 29.4 Å². The van der Waals surface area contributed by atoms with Crippen LogP contribution in [0.1, 0.15) is 86.2 Å². The van der Waals surface area contributed by atoms with Crippen molar-refractivity contribution < 1.29 is 19.4 Å². The van der Waals surface area contributed by atoms with E-state index in [1.807, 2.05) is 36.0 Å². The lowest BCUT2D eigenvalue weighted by atomic mass is 9.51. The fraction of sp³-hybridized carbons (Fsp3) is 0.529. The second-order valence-electron chi connectivity index (χ2n) is 12.2. The number of phenols is 1. The number of aliphatic hydroxyl groups excluding tert-OH is 1. The zero-order valence-corrected chi connectivity index (χ0v) is 23.9. The van der Waals surface area contributed by atoms with Gasteiger partial charge in [0.1, 0.15) is 17.3 Å². The minimum atomic E-state index is -0.210. The Morgan fingerprint density at radius 3 is 2.72 bits per heavy atom. The molecular weight excluding hydrogens is 504 g/mol. The van der Waals surface area contributed by atoms with Gasteiger partial charge < -0.3 is 19.4 Å². The first-order valence-corrected chi connectivity index (χ1v) is 16.0. The van der Waals surface area contributed by atoms with Gasteiger partial charge in [0.25, 0.3) is 0 Å². The van der Waals surface area contributed by atoms with Crippen LogP contribution < -0.4 is 4.74 Å². The van der Waals surface area contributed by atoms with E-state index < -0.39 is 0 Å². The van der Waals surface area contributed by atoms with Crippen LogP contribution >= 0.6 is 11.8 Å². The van der Waals surface area contributed by atoms with Crippen LogP contribution in [0, 0.1) is 17.3 Å². The van der Waals surface area contributed by atoms with Crippen molar-refractivity contribution in [2.75, 3.05) is 12.4 Å². The van der Waals surface area contributed by atoms with Gasteiger partial charge in [0, 0.05) is 0 Å². The van der Waals surface area contributed by atoms with Gasteiger partial charge in [-0.15, -0.1) is 0 Å². The van der Waals surface area contributed by atoms with E-state index in [4.69, 9.17) is 9.15 Å². The third kappa shape index (κ3) is 5.50. The second kappa shape index (κ2) is 11.6. The second-order valence-corrected chi connectivity index (χ2v) is 13.3. The molecule has 0 saturated heterocycles. The van der Waals surface area contributed by atoms with E-state index in [1.165, 1.54) is 29.5 Å². The molecule has 3 aromatic rings. The molecule has 2 aromatic carbocycles. The van der Waals surface area contributed by atoms with Crippen molar-refractivity contribution in [3.8, 4) is 11.5 Å². The van der Waals surface area contributed by atoms with Crippen molar-refractivity contribution in [3.63, 3.8) is 0 Å². The number of hydrogen-bond acceptors (Lipinski definition) is 5. The Balaban J connectivity index is 1.08. The average molecular weight is 547 g/mol. The monoisotopic (exact) mass is 546 g/mol. The molecule has 6 rings (SSSR count). The van der Waals surface area contributed by atoms with E-state index in [0.717, 1.165) is 68.1 Å². The summed E-state index contributed by atoms with van der Waals surface area (Å²) in [5, 5.41) is 21.2. The van der Waals surface area contributed by atoms with Gasteiger partial charge in [-0.3, -0.25) is 0 Å². The summed E-state index contributed by atoms with van der Waals surface area (Å²) in [5.74, 6) is 6.41. The number of aliphatic hydroxyl groups is 1. The van der Waals surface area contributed by atoms with Gasteiger partial charge >= 0.3 is 0 Å². The van der Waals surface area contributed by atoms with E-state index in [2.05, 4.69) is 37.3 Å². The Morgan fingerprint density at radius 1 is 1.03 bits per heavy atom. The van der Waals surface area contributed by atoms with Gasteiger partial charge in [0.15, 0.2) is 0 Å². The zero-order chi connectivity index (χ0) is 26.8. The highest BCUT2D eigenvalue weighted by molar-refractivity contribution is 7.98. The van der Waals surface area contributed by atoms with Gasteiger partial charge in [-0.1, -0.05) is 25.1 Å². The van der Waals surface area contributed by atoms with Gasteiger partial charge in [-0.2, -0.15) is 11.8 Å². The van der Waals surface area contributed by atoms with Crippen LogP contribution in [-0.4, -0.2) is 28.7 Å². The summed E-state index contributed by atoms with van der Waals surface area (Å²) in [7, 11) is 0. The molecule has 6 atom stereocenters. The van der Waals surface area contributed by atoms with Crippen LogP contribution in [0.15, 0.2) is 65.3 Å². The first kappa shape index (κ1) is 26.8. The Hall–Kier alpha value is -2.37. The molecule has 3 aliphatic rings. The third-order valence-electron chi connectivity index (χ3n) is 10.00. The molecule has 4 nitrogen and oxygen atoms in total. The van der Waals surface area contributed by atoms with Gasteiger partial charge in [0.2, 0.25) is 0 Å². The molecular formula is C34H42O4S. The highest BCUT2D eigenvalue weighted by atomic mass is 32.2. The molecule has 0 unspecified atom stereocenters. The van der Waals surface area contributed by atoms with Crippen LogP contribution in [-0.2, 0) is 12.2 Å². The maximum Gasteiger partial charge on any atom is 0.119 e. The minimum Gasteiger partial charge on any atom is -0.508 e. The number of thioether (sulfide) groups is 1. The van der Waals surface area contributed by atoms with Crippen molar-refractivity contribution in [1.29, 1.82) is 0 Å². The fourth-order valence-corrected chi connectivity index (χ4v) is 8.96. The number of aromatic hydroxyl groups is 1. The molecule has 1 aromatic heterocycles. The van der Waals surface area contributed by atoms with Crippen LogP contribution in [0.4, 0.5) is 0 Å². The van der Waals surface area contributed by atoms with Crippen LogP contribution in [0.2, 0.25) is 0 Å². The molecule has 0 radical (unpaired) electrons. The molecule has 2 saturated carbocycles. The van der Waals surface area contributed by atoms with Crippen LogP contribution in [0.5, 0.6) is 11.5 Å². The molecule has 3 aliphatic carbocycles. The molecule has 5 heteroatoms. The largest absolute Gasteiger partial charge is 0.508 e. The van der Waals surface area contributed by atoms with Crippen molar-refractivity contribution in [2.45, 2.75) is 82.0 Å². The molecule has 39 heavy (non-hydrogen) atoms. The molecule has 0 aliphatic heterocycles. The molecule has 0 spiro atoms. The first-order valence-electron chi connectivity index (χ1n) is 14.9. The van der Waals surface area contributed by atoms with Gasteiger partial charge in [0.05, 0.1) is 24.7 Å². The van der Waals surface area contributed by atoms with Gasteiger partial charge in [-0.25, -0.2) is 0 Å². The third-order valence-corrected chi connectivity index (χ3v) is 11.1. The molecule has 2 fully saturated rings. The number of unbranched alkanes of at least 4 members (excludes halogenated alkanes) is 2. The van der Waals surface area contributed by atoms with E-state index in [9.17, 15) is 10.2 Å². The highest BCUT2D eigenvalue weighted by Crippen LogP contribution is 2.65. The van der Waals surface area contributed by atoms with Gasteiger partial charge in [-0.05, 0) is 139 Å². The summed E-state index contributed by atoms with van der Waals surface area (Å²) in [6.45, 7) is 3.09. The summed E-state index contributed by atoms with van der Waals surface area (Å²) in [6, 6.07) is 18.8. The van der Waals surface area contributed by atoms with Crippen molar-refractivity contribution >= 4 is 11.8 Å². The van der Waals surface area contributed by atoms with Crippen LogP contribution in [0.3, 0.4) is 0 Å². The van der Waals surface area contributed by atoms with E-state index in [-0.39, 0.29) is 11.5 Å². The molecule has 208 valence electrons. The molecule has 2 N–H and O–H groups in total. The van der Waals surface area contributed by atoms with Crippen molar-refractivity contribution in [2.24, 2.45) is 17.3 Å². The Bertz CT molecular complexity index is 1220. The lowest BCUT2D eigenvalue weighted by molar-refractivity contribution is -0.0323. The smallest absolute Gasteiger partial charge is 0.119 e. The summed E-state index contributed by atoms with van der Waals surface area (Å²) >= 11 is 1.93. The number of fused-ring (bicyclic) bond motifs is 5. The molecule has 1 heterocycles. The van der Waals surface area contributed by atoms with E-state index >= 15 is 0 Å². The number of aryl methyl sites for hydroxylation is 1. The number of benzene rings is 2. The standard InChI is InChI=1S/C34H42O4S/c1-34-21-30(33-28-14-10-25(35)20-24(28)9-13-29(33)31(34)15-16-32(34)36)23-7-11-26(12-8-23)37-17-3-2-4-19-39-22-27-6-5-18-38-27/h5-8,10-12,14,18,20,29-33,35-36H,2-4,9,13,15-17,19,21-22H2,1H3/t29-,30+,31-,32-,33+,34-/m0/s1. The number of furan rings is 1. The maximum absolute atomic E-state index is 11.1. The Kier molecular flexibility index (Phi) is 8.00. The average Bonchev–Trinajstić information content (AvgIpc) is 3.57. The van der Waals surface area contributed by atoms with Crippen LogP contribution in [0.25, 0.3) is 0 Å². The predicted molar refractivity (Wildman–Crippen MR) is 158 cm³/mol. The quantitative estimate of drug-likeness (QED) is 0.252. The highest BCUT2D eigenvalue weighted by Gasteiger charge is 2.57. The SMILES string of the molecule is C[C@]12C[C@H](c3ccc(OCCCCCSCc4ccco4)cc3)[C@@H]3c4ccc(O)cc4CC[C@H]3[C@@H]1CC[C@@H]2O. The van der Waals surface area contributed by atoms with Crippen molar-refractivity contribution in [1.82, 2.24) is 0 Å². The number of phenolic OH excluding ortho intramolecular Hbond substituents is 1. The predicted octanol–water partition coefficient (Wildman–Crippen LogP) is 8.08. The normalized spacial score (nSPS) is 29.4. The van der Waals surface area contributed by atoms with Crippen molar-refractivity contribution in [3.05, 3.63) is 83.3 Å². The Morgan fingerprint density at radius 2 is 1.90 bits per heavy atom. The first-order chi connectivity index (χ1) is 19.0. The topological polar surface area (TPSA) is 62.8 Å². The molecule has 0 amide bonds.